The molecule has 6 heteroatoms. The Hall–Kier alpha value is 0.214. The van der Waals surface area contributed by atoms with Crippen molar-refractivity contribution < 1.29 is 8.78 Å². The van der Waals surface area contributed by atoms with Gasteiger partial charge in [0.25, 0.3) is 0 Å². The van der Waals surface area contributed by atoms with E-state index in [9.17, 15) is 8.78 Å². The molecule has 0 aromatic carbocycles. The molecule has 2 nitrogen and oxygen atoms in total. The highest BCUT2D eigenvalue weighted by molar-refractivity contribution is 6.55. The normalized spacial score (nSPS) is 18.6. The molecule has 0 spiro atoms. The smallest absolute Gasteiger partial charge is 0.145 e. The average molecular weight is 236 g/mol. The molecular formula is C8H18F2N2Si2. The number of hydrogen-bond acceptors (Lipinski definition) is 2. The Balaban J connectivity index is 3.80. The lowest BCUT2D eigenvalue weighted by atomic mass is 10.7. The van der Waals surface area contributed by atoms with Crippen molar-refractivity contribution in [1.82, 2.24) is 9.13 Å². The molecule has 0 fully saturated rings. The SMILES string of the molecule is CC([Si]N(C)C(C)F)[Si]N(C)C(C)F. The highest BCUT2D eigenvalue weighted by Gasteiger charge is 2.18. The number of rotatable bonds is 6. The first-order chi connectivity index (χ1) is 6.34. The summed E-state index contributed by atoms with van der Waals surface area (Å²) in [5, 5.41) is 0.321. The zero-order valence-corrected chi connectivity index (χ0v) is 11.4. The molecule has 0 bridgehead atoms. The van der Waals surface area contributed by atoms with Crippen LogP contribution in [-0.2, 0) is 0 Å². The second kappa shape index (κ2) is 6.65. The van der Waals surface area contributed by atoms with Crippen LogP contribution < -0.4 is 0 Å². The predicted molar refractivity (Wildman–Crippen MR) is 57.6 cm³/mol. The molecule has 14 heavy (non-hydrogen) atoms. The van der Waals surface area contributed by atoms with Gasteiger partial charge in [-0.25, -0.2) is 8.78 Å². The van der Waals surface area contributed by atoms with Gasteiger partial charge in [-0.05, 0) is 33.1 Å². The van der Waals surface area contributed by atoms with Crippen LogP contribution in [0.25, 0.3) is 0 Å². The van der Waals surface area contributed by atoms with Gasteiger partial charge in [-0.1, -0.05) is 6.92 Å². The second-order valence-electron chi connectivity index (χ2n) is 3.35. The fourth-order valence-corrected chi connectivity index (χ4v) is 3.93. The first-order valence-corrected chi connectivity index (χ1v) is 6.65. The van der Waals surface area contributed by atoms with E-state index in [1.807, 2.05) is 6.92 Å². The summed E-state index contributed by atoms with van der Waals surface area (Å²) in [5.41, 5.74) is 0. The van der Waals surface area contributed by atoms with Crippen molar-refractivity contribution in [2.24, 2.45) is 0 Å². The number of alkyl halides is 2. The third-order valence-corrected chi connectivity index (χ3v) is 4.94. The molecule has 0 N–H and O–H groups in total. The van der Waals surface area contributed by atoms with E-state index in [1.165, 1.54) is 13.8 Å². The Morgan fingerprint density at radius 3 is 1.36 bits per heavy atom. The van der Waals surface area contributed by atoms with Crippen molar-refractivity contribution in [3.05, 3.63) is 0 Å². The van der Waals surface area contributed by atoms with Crippen molar-refractivity contribution in [2.45, 2.75) is 38.5 Å². The molecule has 0 aliphatic carbocycles. The van der Waals surface area contributed by atoms with Crippen molar-refractivity contribution in [2.75, 3.05) is 14.1 Å². The van der Waals surface area contributed by atoms with Gasteiger partial charge < -0.3 is 0 Å². The summed E-state index contributed by atoms with van der Waals surface area (Å²) in [6.07, 6.45) is -1.85. The molecule has 0 amide bonds. The molecule has 0 aliphatic heterocycles. The van der Waals surface area contributed by atoms with Crippen molar-refractivity contribution in [1.29, 1.82) is 0 Å². The number of hydrogen-bond donors (Lipinski definition) is 0. The fourth-order valence-electron chi connectivity index (χ4n) is 0.845. The molecular weight excluding hydrogens is 218 g/mol. The van der Waals surface area contributed by atoms with Crippen LogP contribution in [0.1, 0.15) is 20.8 Å². The molecule has 0 heterocycles. The highest BCUT2D eigenvalue weighted by Crippen LogP contribution is 2.07. The molecule has 2 unspecified atom stereocenters. The van der Waals surface area contributed by atoms with Gasteiger partial charge in [-0.3, -0.25) is 9.13 Å². The molecule has 2 atom stereocenters. The number of nitrogens with zero attached hydrogens (tertiary/aromatic N) is 2. The van der Waals surface area contributed by atoms with Crippen LogP contribution in [0.5, 0.6) is 0 Å². The molecule has 4 radical (unpaired) electrons. The quantitative estimate of drug-likeness (QED) is 0.509. The first-order valence-electron chi connectivity index (χ1n) is 4.60. The Morgan fingerprint density at radius 2 is 1.14 bits per heavy atom. The van der Waals surface area contributed by atoms with Crippen molar-refractivity contribution in [3.63, 3.8) is 0 Å². The van der Waals surface area contributed by atoms with E-state index < -0.39 is 12.6 Å². The van der Waals surface area contributed by atoms with Crippen LogP contribution in [0.4, 0.5) is 8.78 Å². The lowest BCUT2D eigenvalue weighted by molar-refractivity contribution is 0.208. The van der Waals surface area contributed by atoms with E-state index in [0.29, 0.717) is 24.5 Å². The van der Waals surface area contributed by atoms with Crippen LogP contribution in [0.15, 0.2) is 0 Å². The maximum atomic E-state index is 12.8. The summed E-state index contributed by atoms with van der Waals surface area (Å²) in [6.45, 7) is 5.06. The molecule has 0 aliphatic rings. The maximum absolute atomic E-state index is 12.8. The van der Waals surface area contributed by atoms with Crippen LogP contribution >= 0.6 is 0 Å². The summed E-state index contributed by atoms with van der Waals surface area (Å²) >= 11 is 0. The molecule has 0 saturated heterocycles. The van der Waals surface area contributed by atoms with Gasteiger partial charge in [0, 0.05) is 0 Å². The third-order valence-electron chi connectivity index (χ3n) is 1.86. The van der Waals surface area contributed by atoms with Gasteiger partial charge in [0.1, 0.15) is 32.0 Å². The van der Waals surface area contributed by atoms with Gasteiger partial charge in [0.2, 0.25) is 0 Å². The van der Waals surface area contributed by atoms with E-state index in [4.69, 9.17) is 0 Å². The third kappa shape index (κ3) is 5.84. The summed E-state index contributed by atoms with van der Waals surface area (Å²) in [6, 6.07) is 0. The van der Waals surface area contributed by atoms with Crippen LogP contribution in [0.2, 0.25) is 5.16 Å². The second-order valence-corrected chi connectivity index (χ2v) is 7.59. The van der Waals surface area contributed by atoms with E-state index in [2.05, 4.69) is 0 Å². The van der Waals surface area contributed by atoms with Crippen molar-refractivity contribution in [3.8, 4) is 0 Å². The summed E-state index contributed by atoms with van der Waals surface area (Å²) in [7, 11) is 4.32. The average Bonchev–Trinajstić information content (AvgIpc) is 2.03. The van der Waals surface area contributed by atoms with Crippen LogP contribution in [0.3, 0.4) is 0 Å². The lowest BCUT2D eigenvalue weighted by Crippen LogP contribution is -2.39. The minimum Gasteiger partial charge on any atom is -0.300 e. The standard InChI is InChI=1S/C8H18F2N2Si2/c1-6(9)11(4)13-8(3)14-12(5)7(2)10/h6-8H,1-5H3. The van der Waals surface area contributed by atoms with Gasteiger partial charge in [0.15, 0.2) is 0 Å². The Labute approximate surface area is 90.5 Å². The molecule has 0 rings (SSSR count). The van der Waals surface area contributed by atoms with Crippen molar-refractivity contribution >= 4 is 19.4 Å². The largest absolute Gasteiger partial charge is 0.300 e. The molecule has 82 valence electrons. The van der Waals surface area contributed by atoms with Gasteiger partial charge >= 0.3 is 0 Å². The summed E-state index contributed by atoms with van der Waals surface area (Å²) in [4.78, 5) is 0. The Morgan fingerprint density at radius 1 is 0.857 bits per heavy atom. The Kier molecular flexibility index (Phi) is 6.75. The fraction of sp³-hybridized carbons (Fsp3) is 1.00. The zero-order valence-electron chi connectivity index (χ0n) is 9.38. The summed E-state index contributed by atoms with van der Waals surface area (Å²) in [5.74, 6) is 0. The minimum absolute atomic E-state index is 0.321. The monoisotopic (exact) mass is 236 g/mol. The topological polar surface area (TPSA) is 6.48 Å². The van der Waals surface area contributed by atoms with Gasteiger partial charge in [-0.15, -0.1) is 0 Å². The van der Waals surface area contributed by atoms with Gasteiger partial charge in [-0.2, -0.15) is 0 Å². The Bertz CT molecular complexity index is 142. The molecule has 0 aromatic heterocycles. The first kappa shape index (κ1) is 14.2. The maximum Gasteiger partial charge on any atom is 0.145 e. The minimum atomic E-state index is -0.923. The molecule has 0 aromatic rings. The van der Waals surface area contributed by atoms with Crippen LogP contribution in [0, 0.1) is 0 Å². The lowest BCUT2D eigenvalue weighted by Gasteiger charge is -2.24. The summed E-state index contributed by atoms with van der Waals surface area (Å²) < 4.78 is 28.9. The highest BCUT2D eigenvalue weighted by atomic mass is 28.3. The van der Waals surface area contributed by atoms with E-state index in [1.54, 1.807) is 23.2 Å². The van der Waals surface area contributed by atoms with E-state index in [0.717, 1.165) is 0 Å². The van der Waals surface area contributed by atoms with Gasteiger partial charge in [0.05, 0.1) is 0 Å². The predicted octanol–water partition coefficient (Wildman–Crippen LogP) is 1.49. The van der Waals surface area contributed by atoms with E-state index >= 15 is 0 Å². The molecule has 0 saturated carbocycles. The van der Waals surface area contributed by atoms with Crippen LogP contribution in [-0.4, -0.2) is 55.2 Å². The number of halogens is 2. The van der Waals surface area contributed by atoms with E-state index in [-0.39, 0.29) is 0 Å². The zero-order chi connectivity index (χ0) is 11.3.